The third kappa shape index (κ3) is 5.16. The molecule has 34 heavy (non-hydrogen) atoms. The summed E-state index contributed by atoms with van der Waals surface area (Å²) in [5.41, 5.74) is 1.46. The zero-order valence-electron chi connectivity index (χ0n) is 19.4. The van der Waals surface area contributed by atoms with E-state index >= 15 is 4.39 Å². The lowest BCUT2D eigenvalue weighted by molar-refractivity contribution is -0.577. The van der Waals surface area contributed by atoms with Crippen LogP contribution in [0.2, 0.25) is 5.02 Å². The fraction of sp³-hybridized carbons (Fsp3) is 0.308. The number of anilines is 1. The minimum atomic E-state index is -0.478. The van der Waals surface area contributed by atoms with Crippen LogP contribution in [0, 0.1) is 11.0 Å². The number of pyridine rings is 1. The second-order valence-electron chi connectivity index (χ2n) is 8.73. The van der Waals surface area contributed by atoms with E-state index in [9.17, 15) is 10.0 Å². The van der Waals surface area contributed by atoms with Gasteiger partial charge in [0, 0.05) is 31.2 Å². The lowest BCUT2D eigenvalue weighted by atomic mass is 10.1. The topological polar surface area (TPSA) is 59.7 Å². The van der Waals surface area contributed by atoms with Gasteiger partial charge in [0.15, 0.2) is 17.8 Å². The molecular formula is C26H27ClFN3O3. The third-order valence-electron chi connectivity index (χ3n) is 5.75. The van der Waals surface area contributed by atoms with Crippen LogP contribution < -0.4 is 14.4 Å². The summed E-state index contributed by atoms with van der Waals surface area (Å²) < 4.78 is 22.0. The number of likely N-dealkylation sites (N-methyl/N-ethyl adjacent to an activating group) is 1. The Morgan fingerprint density at radius 2 is 1.85 bits per heavy atom. The first-order chi connectivity index (χ1) is 16.2. The SMILES string of the molecule is CC(C)Oc1c(N2CCN(C)CC2)c(F)cc2cc(C(=O)C=Cc3ccc(Cl)cc3)c[n+]([O-])c12. The number of nitrogens with zero attached hydrogens (tertiary/aromatic N) is 3. The Morgan fingerprint density at radius 3 is 2.50 bits per heavy atom. The molecule has 0 amide bonds. The summed E-state index contributed by atoms with van der Waals surface area (Å²) in [5, 5.41) is 14.0. The first kappa shape index (κ1) is 24.0. The standard InChI is InChI=1S/C26H27ClFN3O3/c1-17(2)34-26-24-19(15-22(28)25(26)30-12-10-29(3)11-13-30)14-20(16-31(24)33)23(32)9-6-18-4-7-21(27)8-5-18/h4-9,14-17H,10-13H2,1-3H3. The van der Waals surface area contributed by atoms with Crippen LogP contribution in [-0.4, -0.2) is 50.0 Å². The Balaban J connectivity index is 1.75. The normalized spacial score (nSPS) is 14.9. The molecule has 0 saturated carbocycles. The van der Waals surface area contributed by atoms with E-state index in [4.69, 9.17) is 16.3 Å². The number of allylic oxidation sites excluding steroid dienone is 1. The number of piperazine rings is 1. The summed E-state index contributed by atoms with van der Waals surface area (Å²) in [6, 6.07) is 9.86. The highest BCUT2D eigenvalue weighted by atomic mass is 35.5. The van der Waals surface area contributed by atoms with Crippen molar-refractivity contribution >= 4 is 40.1 Å². The molecular weight excluding hydrogens is 457 g/mol. The molecule has 8 heteroatoms. The number of fused-ring (bicyclic) bond motifs is 1. The molecule has 4 rings (SSSR count). The van der Waals surface area contributed by atoms with Crippen molar-refractivity contribution in [2.75, 3.05) is 38.1 Å². The highest BCUT2D eigenvalue weighted by molar-refractivity contribution is 6.30. The highest BCUT2D eigenvalue weighted by Crippen LogP contribution is 2.38. The molecule has 2 aromatic carbocycles. The number of aromatic nitrogens is 1. The Labute approximate surface area is 203 Å². The van der Waals surface area contributed by atoms with Crippen LogP contribution in [0.15, 0.2) is 48.7 Å². The maximum absolute atomic E-state index is 15.4. The summed E-state index contributed by atoms with van der Waals surface area (Å²) in [4.78, 5) is 16.9. The predicted octanol–water partition coefficient (Wildman–Crippen LogP) is 4.70. The number of hydrogen-bond donors (Lipinski definition) is 0. The van der Waals surface area contributed by atoms with Crippen molar-refractivity contribution in [3.8, 4) is 5.75 Å². The van der Waals surface area contributed by atoms with Gasteiger partial charge in [-0.25, -0.2) is 4.39 Å². The van der Waals surface area contributed by atoms with Gasteiger partial charge in [-0.2, -0.15) is 4.73 Å². The average Bonchev–Trinajstić information content (AvgIpc) is 2.78. The number of rotatable bonds is 6. The van der Waals surface area contributed by atoms with Gasteiger partial charge in [-0.15, -0.1) is 0 Å². The lowest BCUT2D eigenvalue weighted by Crippen LogP contribution is -2.45. The monoisotopic (exact) mass is 483 g/mol. The van der Waals surface area contributed by atoms with E-state index in [-0.39, 0.29) is 28.7 Å². The summed E-state index contributed by atoms with van der Waals surface area (Å²) in [6.45, 7) is 6.47. The van der Waals surface area contributed by atoms with Crippen LogP contribution in [0.25, 0.3) is 17.0 Å². The molecule has 3 aromatic rings. The molecule has 1 aromatic heterocycles. The summed E-state index contributed by atoms with van der Waals surface area (Å²) in [7, 11) is 2.02. The minimum absolute atomic E-state index is 0.162. The van der Waals surface area contributed by atoms with Crippen molar-refractivity contribution in [2.45, 2.75) is 20.0 Å². The van der Waals surface area contributed by atoms with Crippen LogP contribution in [0.4, 0.5) is 10.1 Å². The first-order valence-corrected chi connectivity index (χ1v) is 11.6. The van der Waals surface area contributed by atoms with Crippen molar-refractivity contribution in [2.24, 2.45) is 0 Å². The Bertz CT molecular complexity index is 1240. The number of ketones is 1. The van der Waals surface area contributed by atoms with Crippen molar-refractivity contribution in [1.29, 1.82) is 0 Å². The van der Waals surface area contributed by atoms with Crippen LogP contribution in [0.1, 0.15) is 29.8 Å². The van der Waals surface area contributed by atoms with Gasteiger partial charge < -0.3 is 19.7 Å². The van der Waals surface area contributed by atoms with Crippen molar-refractivity contribution in [3.63, 3.8) is 0 Å². The minimum Gasteiger partial charge on any atom is -0.618 e. The summed E-state index contributed by atoms with van der Waals surface area (Å²) in [6.07, 6.45) is 3.98. The van der Waals surface area contributed by atoms with E-state index < -0.39 is 5.82 Å². The molecule has 0 atom stereocenters. The average molecular weight is 484 g/mol. The van der Waals surface area contributed by atoms with Crippen LogP contribution in [0.5, 0.6) is 5.75 Å². The zero-order chi connectivity index (χ0) is 24.4. The van der Waals surface area contributed by atoms with Crippen LogP contribution >= 0.6 is 11.6 Å². The lowest BCUT2D eigenvalue weighted by Gasteiger charge is -2.35. The molecule has 0 spiro atoms. The first-order valence-electron chi connectivity index (χ1n) is 11.2. The Hall–Kier alpha value is -3.16. The summed E-state index contributed by atoms with van der Waals surface area (Å²) >= 11 is 5.89. The number of carbonyl (C=O) groups is 1. The van der Waals surface area contributed by atoms with E-state index in [2.05, 4.69) is 4.90 Å². The molecule has 1 aliphatic heterocycles. The van der Waals surface area contributed by atoms with Gasteiger partial charge in [-0.05, 0) is 56.8 Å². The number of benzene rings is 2. The number of carbonyl (C=O) groups excluding carboxylic acids is 1. The largest absolute Gasteiger partial charge is 0.618 e. The second-order valence-corrected chi connectivity index (χ2v) is 9.17. The van der Waals surface area contributed by atoms with Gasteiger partial charge in [0.05, 0.1) is 17.1 Å². The predicted molar refractivity (Wildman–Crippen MR) is 133 cm³/mol. The molecule has 0 N–H and O–H groups in total. The van der Waals surface area contributed by atoms with Gasteiger partial charge in [0.1, 0.15) is 5.69 Å². The molecule has 0 unspecified atom stereocenters. The molecule has 2 heterocycles. The van der Waals surface area contributed by atoms with Gasteiger partial charge in [0.2, 0.25) is 5.75 Å². The molecule has 0 radical (unpaired) electrons. The van der Waals surface area contributed by atoms with Gasteiger partial charge in [-0.1, -0.05) is 29.8 Å². The van der Waals surface area contributed by atoms with Gasteiger partial charge in [-0.3, -0.25) is 4.79 Å². The highest BCUT2D eigenvalue weighted by Gasteiger charge is 2.29. The van der Waals surface area contributed by atoms with Gasteiger partial charge >= 0.3 is 0 Å². The Kier molecular flexibility index (Phi) is 7.05. The molecule has 178 valence electrons. The van der Waals surface area contributed by atoms with E-state index in [0.29, 0.717) is 33.9 Å². The molecule has 1 fully saturated rings. The van der Waals surface area contributed by atoms with E-state index in [0.717, 1.165) is 18.7 Å². The second kappa shape index (κ2) is 9.99. The van der Waals surface area contributed by atoms with Crippen molar-refractivity contribution in [1.82, 2.24) is 4.90 Å². The molecule has 1 saturated heterocycles. The van der Waals surface area contributed by atoms with Gasteiger partial charge in [0.25, 0.3) is 5.52 Å². The zero-order valence-corrected chi connectivity index (χ0v) is 20.2. The molecule has 0 aliphatic carbocycles. The number of ether oxygens (including phenoxy) is 1. The fourth-order valence-electron chi connectivity index (χ4n) is 4.01. The van der Waals surface area contributed by atoms with E-state index in [1.807, 2.05) is 25.8 Å². The molecule has 0 bridgehead atoms. The smallest absolute Gasteiger partial charge is 0.268 e. The number of hydrogen-bond acceptors (Lipinski definition) is 5. The third-order valence-corrected chi connectivity index (χ3v) is 6.01. The summed E-state index contributed by atoms with van der Waals surface area (Å²) in [5.74, 6) is -0.634. The maximum atomic E-state index is 15.4. The van der Waals surface area contributed by atoms with E-state index in [1.54, 1.807) is 30.3 Å². The fourth-order valence-corrected chi connectivity index (χ4v) is 4.13. The van der Waals surface area contributed by atoms with Crippen molar-refractivity contribution in [3.05, 3.63) is 75.8 Å². The van der Waals surface area contributed by atoms with Crippen molar-refractivity contribution < 1.29 is 18.7 Å². The quantitative estimate of drug-likeness (QED) is 0.220. The Morgan fingerprint density at radius 1 is 1.18 bits per heavy atom. The van der Waals surface area contributed by atoms with Crippen LogP contribution in [-0.2, 0) is 0 Å². The molecule has 1 aliphatic rings. The molecule has 6 nitrogen and oxygen atoms in total. The van der Waals surface area contributed by atoms with Crippen LogP contribution in [0.3, 0.4) is 0 Å². The van der Waals surface area contributed by atoms with E-state index in [1.165, 1.54) is 24.4 Å². The number of halogens is 2. The maximum Gasteiger partial charge on any atom is 0.268 e.